The van der Waals surface area contributed by atoms with Gasteiger partial charge in [0, 0.05) is 18.2 Å². The molecule has 1 unspecified atom stereocenters. The van der Waals surface area contributed by atoms with Crippen LogP contribution < -0.4 is 25.7 Å². The molecule has 5 heteroatoms. The molecule has 0 aromatic heterocycles. The molecule has 1 rings (SSSR count). The molecule has 0 aliphatic rings. The van der Waals surface area contributed by atoms with Gasteiger partial charge in [-0.3, -0.25) is 0 Å². The maximum atomic E-state index is 5.99. The molecule has 17 heavy (non-hydrogen) atoms. The first-order valence-electron chi connectivity index (χ1n) is 5.35. The molecular weight excluding hydrogens is 220 g/mol. The normalized spacial score (nSPS) is 12.1. The van der Waals surface area contributed by atoms with E-state index in [9.17, 15) is 0 Å². The smallest absolute Gasteiger partial charge is 0.203 e. The highest BCUT2D eigenvalue weighted by Crippen LogP contribution is 2.43. The van der Waals surface area contributed by atoms with E-state index in [0.29, 0.717) is 23.8 Å². The van der Waals surface area contributed by atoms with Gasteiger partial charge in [0.25, 0.3) is 0 Å². The third-order valence-electron chi connectivity index (χ3n) is 2.70. The maximum Gasteiger partial charge on any atom is 0.203 e. The molecule has 0 saturated heterocycles. The summed E-state index contributed by atoms with van der Waals surface area (Å²) in [6.45, 7) is 2.28. The number of hydrogen-bond acceptors (Lipinski definition) is 5. The number of hydrogen-bond donors (Lipinski definition) is 2. The molecule has 4 N–H and O–H groups in total. The van der Waals surface area contributed by atoms with Crippen molar-refractivity contribution in [1.29, 1.82) is 0 Å². The molecular formula is C12H20N2O3. The predicted molar refractivity (Wildman–Crippen MR) is 66.8 cm³/mol. The number of methoxy groups -OCH3 is 3. The van der Waals surface area contributed by atoms with Crippen molar-refractivity contribution in [2.45, 2.75) is 13.0 Å². The minimum atomic E-state index is -0.287. The van der Waals surface area contributed by atoms with Crippen LogP contribution in [-0.2, 0) is 0 Å². The molecule has 0 heterocycles. The third-order valence-corrected chi connectivity index (χ3v) is 2.70. The molecule has 5 nitrogen and oxygen atoms in total. The molecule has 0 spiro atoms. The van der Waals surface area contributed by atoms with Crippen molar-refractivity contribution in [1.82, 2.24) is 0 Å². The lowest BCUT2D eigenvalue weighted by Crippen LogP contribution is -2.22. The molecule has 1 aromatic rings. The van der Waals surface area contributed by atoms with Crippen LogP contribution in [0.15, 0.2) is 6.07 Å². The average Bonchev–Trinajstić information content (AvgIpc) is 2.36. The van der Waals surface area contributed by atoms with Crippen molar-refractivity contribution in [3.05, 3.63) is 17.2 Å². The van der Waals surface area contributed by atoms with Crippen LogP contribution in [0.5, 0.6) is 17.2 Å². The van der Waals surface area contributed by atoms with E-state index < -0.39 is 0 Å². The van der Waals surface area contributed by atoms with Crippen LogP contribution in [0.2, 0.25) is 0 Å². The zero-order chi connectivity index (χ0) is 13.0. The first kappa shape index (κ1) is 13.6. The summed E-state index contributed by atoms with van der Waals surface area (Å²) in [7, 11) is 4.72. The van der Waals surface area contributed by atoms with Gasteiger partial charge in [-0.25, -0.2) is 0 Å². The minimum Gasteiger partial charge on any atom is -0.493 e. The molecule has 0 amide bonds. The van der Waals surface area contributed by atoms with E-state index in [-0.39, 0.29) is 6.04 Å². The van der Waals surface area contributed by atoms with E-state index in [1.165, 1.54) is 0 Å². The number of benzene rings is 1. The van der Waals surface area contributed by atoms with E-state index in [1.54, 1.807) is 21.3 Å². The Kier molecular flexibility index (Phi) is 4.60. The molecule has 1 aromatic carbocycles. The highest BCUT2D eigenvalue weighted by molar-refractivity contribution is 5.59. The lowest BCUT2D eigenvalue weighted by atomic mass is 9.99. The van der Waals surface area contributed by atoms with Gasteiger partial charge in [-0.1, -0.05) is 0 Å². The van der Waals surface area contributed by atoms with Gasteiger partial charge in [0.05, 0.1) is 21.3 Å². The Hall–Kier alpha value is -1.46. The third kappa shape index (κ3) is 2.45. The Labute approximate surface area is 102 Å². The van der Waals surface area contributed by atoms with Crippen molar-refractivity contribution < 1.29 is 14.2 Å². The fourth-order valence-corrected chi connectivity index (χ4v) is 1.88. The Morgan fingerprint density at radius 1 is 1.12 bits per heavy atom. The van der Waals surface area contributed by atoms with Crippen molar-refractivity contribution in [3.8, 4) is 17.2 Å². The zero-order valence-corrected chi connectivity index (χ0v) is 10.7. The second kappa shape index (κ2) is 5.75. The molecule has 0 aliphatic carbocycles. The highest BCUT2D eigenvalue weighted by Gasteiger charge is 2.22. The maximum absolute atomic E-state index is 5.99. The molecule has 0 saturated carbocycles. The van der Waals surface area contributed by atoms with E-state index in [1.807, 2.05) is 13.0 Å². The van der Waals surface area contributed by atoms with Crippen LogP contribution in [-0.4, -0.2) is 27.9 Å². The standard InChI is InChI=1S/C12H20N2O3/c1-7-5-9(15-2)11(16-3)12(17-4)10(7)8(14)6-13/h5,8H,6,13-14H2,1-4H3. The van der Waals surface area contributed by atoms with Gasteiger partial charge in [0.15, 0.2) is 11.5 Å². The van der Waals surface area contributed by atoms with Gasteiger partial charge in [0.1, 0.15) is 0 Å². The predicted octanol–water partition coefficient (Wildman–Crippen LogP) is 0.979. The Morgan fingerprint density at radius 3 is 2.12 bits per heavy atom. The lowest BCUT2D eigenvalue weighted by molar-refractivity contribution is 0.320. The molecule has 96 valence electrons. The number of ether oxygens (including phenoxy) is 3. The second-order valence-corrected chi connectivity index (χ2v) is 3.72. The van der Waals surface area contributed by atoms with Crippen LogP contribution >= 0.6 is 0 Å². The number of aryl methyl sites for hydroxylation is 1. The Balaban J connectivity index is 3.48. The summed E-state index contributed by atoms with van der Waals surface area (Å²) in [5, 5.41) is 0. The van der Waals surface area contributed by atoms with Crippen molar-refractivity contribution in [2.75, 3.05) is 27.9 Å². The number of nitrogens with two attached hydrogens (primary N) is 2. The zero-order valence-electron chi connectivity index (χ0n) is 10.7. The quantitative estimate of drug-likeness (QED) is 0.802. The van der Waals surface area contributed by atoms with E-state index in [2.05, 4.69) is 0 Å². The summed E-state index contributed by atoms with van der Waals surface area (Å²) in [6.07, 6.45) is 0. The average molecular weight is 240 g/mol. The fourth-order valence-electron chi connectivity index (χ4n) is 1.88. The van der Waals surface area contributed by atoms with Crippen LogP contribution in [0.1, 0.15) is 17.2 Å². The van der Waals surface area contributed by atoms with Gasteiger partial charge in [-0.15, -0.1) is 0 Å². The highest BCUT2D eigenvalue weighted by atomic mass is 16.5. The van der Waals surface area contributed by atoms with Gasteiger partial charge in [-0.2, -0.15) is 0 Å². The summed E-state index contributed by atoms with van der Waals surface area (Å²) < 4.78 is 15.9. The lowest BCUT2D eigenvalue weighted by Gasteiger charge is -2.21. The molecule has 0 bridgehead atoms. The van der Waals surface area contributed by atoms with Crippen LogP contribution in [0.25, 0.3) is 0 Å². The minimum absolute atomic E-state index is 0.287. The van der Waals surface area contributed by atoms with Crippen molar-refractivity contribution in [3.63, 3.8) is 0 Å². The molecule has 0 radical (unpaired) electrons. The monoisotopic (exact) mass is 240 g/mol. The van der Waals surface area contributed by atoms with Gasteiger partial charge in [-0.05, 0) is 18.6 Å². The fraction of sp³-hybridized carbons (Fsp3) is 0.500. The summed E-state index contributed by atoms with van der Waals surface area (Å²) in [4.78, 5) is 0. The van der Waals surface area contributed by atoms with E-state index in [4.69, 9.17) is 25.7 Å². The molecule has 0 fully saturated rings. The first-order valence-corrected chi connectivity index (χ1v) is 5.35. The Bertz CT molecular complexity index is 394. The second-order valence-electron chi connectivity index (χ2n) is 3.72. The van der Waals surface area contributed by atoms with E-state index >= 15 is 0 Å². The van der Waals surface area contributed by atoms with Crippen LogP contribution in [0, 0.1) is 6.92 Å². The van der Waals surface area contributed by atoms with Crippen LogP contribution in [0.4, 0.5) is 0 Å². The molecule has 1 atom stereocenters. The Morgan fingerprint density at radius 2 is 1.71 bits per heavy atom. The topological polar surface area (TPSA) is 79.7 Å². The first-order chi connectivity index (χ1) is 8.10. The molecule has 0 aliphatic heterocycles. The summed E-state index contributed by atoms with van der Waals surface area (Å²) in [5.74, 6) is 1.75. The van der Waals surface area contributed by atoms with Gasteiger partial charge in [0.2, 0.25) is 5.75 Å². The summed E-state index contributed by atoms with van der Waals surface area (Å²) in [5.41, 5.74) is 13.4. The van der Waals surface area contributed by atoms with Crippen LogP contribution in [0.3, 0.4) is 0 Å². The summed E-state index contributed by atoms with van der Waals surface area (Å²) >= 11 is 0. The number of rotatable bonds is 5. The van der Waals surface area contributed by atoms with Gasteiger partial charge >= 0.3 is 0 Å². The van der Waals surface area contributed by atoms with E-state index in [0.717, 1.165) is 11.1 Å². The summed E-state index contributed by atoms with van der Waals surface area (Å²) in [6, 6.07) is 1.58. The SMILES string of the molecule is COc1cc(C)c(C(N)CN)c(OC)c1OC. The largest absolute Gasteiger partial charge is 0.493 e. The van der Waals surface area contributed by atoms with Crippen molar-refractivity contribution >= 4 is 0 Å². The van der Waals surface area contributed by atoms with Gasteiger partial charge < -0.3 is 25.7 Å². The van der Waals surface area contributed by atoms with Crippen molar-refractivity contribution in [2.24, 2.45) is 11.5 Å².